The Balaban J connectivity index is 1.33. The van der Waals surface area contributed by atoms with Crippen LogP contribution in [0.3, 0.4) is 0 Å². The van der Waals surface area contributed by atoms with Crippen molar-refractivity contribution in [1.82, 2.24) is 29.3 Å². The van der Waals surface area contributed by atoms with Crippen LogP contribution in [0.25, 0.3) is 16.9 Å². The average molecular weight is 358 g/mol. The molecule has 0 aliphatic carbocycles. The minimum atomic E-state index is 0.00541. The molecule has 5 rings (SSSR count). The van der Waals surface area contributed by atoms with Crippen LogP contribution in [0.1, 0.15) is 22.2 Å². The first-order valence-corrected chi connectivity index (χ1v) is 8.91. The molecule has 4 heterocycles. The third-order valence-electron chi connectivity index (χ3n) is 5.01. The number of rotatable bonds is 3. The molecule has 1 amide bonds. The summed E-state index contributed by atoms with van der Waals surface area (Å²) in [5, 5.41) is 8.51. The predicted molar refractivity (Wildman–Crippen MR) is 100 cm³/mol. The van der Waals surface area contributed by atoms with Crippen molar-refractivity contribution < 1.29 is 4.79 Å². The molecule has 0 atom stereocenters. The van der Waals surface area contributed by atoms with Crippen molar-refractivity contribution in [2.75, 3.05) is 13.1 Å². The van der Waals surface area contributed by atoms with Crippen LogP contribution in [0.2, 0.25) is 0 Å². The first-order valence-electron chi connectivity index (χ1n) is 8.91. The molecule has 7 heteroatoms. The third-order valence-corrected chi connectivity index (χ3v) is 5.01. The van der Waals surface area contributed by atoms with Crippen LogP contribution < -0.4 is 0 Å². The monoisotopic (exact) mass is 358 g/mol. The zero-order valence-corrected chi connectivity index (χ0v) is 14.9. The second-order valence-corrected chi connectivity index (χ2v) is 6.79. The van der Waals surface area contributed by atoms with Crippen LogP contribution in [0.4, 0.5) is 0 Å². The smallest absolute Gasteiger partial charge is 0.272 e. The van der Waals surface area contributed by atoms with Crippen molar-refractivity contribution in [3.05, 3.63) is 72.3 Å². The molecule has 134 valence electrons. The van der Waals surface area contributed by atoms with E-state index in [1.165, 1.54) is 0 Å². The Morgan fingerprint density at radius 2 is 1.85 bits per heavy atom. The fraction of sp³-hybridized carbons (Fsp3) is 0.200. The summed E-state index contributed by atoms with van der Waals surface area (Å²) in [6.07, 6.45) is 3.82. The van der Waals surface area contributed by atoms with Gasteiger partial charge in [0.25, 0.3) is 5.91 Å². The van der Waals surface area contributed by atoms with Gasteiger partial charge in [0.15, 0.2) is 0 Å². The molecule has 0 radical (unpaired) electrons. The van der Waals surface area contributed by atoms with Crippen LogP contribution in [-0.2, 0) is 0 Å². The van der Waals surface area contributed by atoms with Gasteiger partial charge in [0.2, 0.25) is 0 Å². The standard InChI is InChI=1S/C20H18N6O/c1-14-19(25-10-6-5-9-18(25)21-14)20(27)24-11-16(12-24)26-13-17(22-23-26)15-7-3-2-4-8-15/h2-10,13,16H,11-12H2,1H3. The summed E-state index contributed by atoms with van der Waals surface area (Å²) in [6, 6.07) is 15.9. The number of imidazole rings is 1. The lowest BCUT2D eigenvalue weighted by molar-refractivity contribution is 0.0490. The number of nitrogens with zero attached hydrogens (tertiary/aromatic N) is 6. The number of fused-ring (bicyclic) bond motifs is 1. The Hall–Kier alpha value is -3.48. The van der Waals surface area contributed by atoms with Crippen molar-refractivity contribution in [2.45, 2.75) is 13.0 Å². The molecule has 7 nitrogen and oxygen atoms in total. The minimum Gasteiger partial charge on any atom is -0.333 e. The van der Waals surface area contributed by atoms with E-state index in [2.05, 4.69) is 15.3 Å². The van der Waals surface area contributed by atoms with Gasteiger partial charge in [0, 0.05) is 24.8 Å². The Morgan fingerprint density at radius 1 is 1.07 bits per heavy atom. The number of aryl methyl sites for hydroxylation is 1. The molecular weight excluding hydrogens is 340 g/mol. The van der Waals surface area contributed by atoms with E-state index in [1.54, 1.807) is 0 Å². The van der Waals surface area contributed by atoms with Crippen molar-refractivity contribution in [1.29, 1.82) is 0 Å². The Morgan fingerprint density at radius 3 is 2.67 bits per heavy atom. The van der Waals surface area contributed by atoms with E-state index in [4.69, 9.17) is 0 Å². The van der Waals surface area contributed by atoms with Crippen LogP contribution in [0, 0.1) is 6.92 Å². The van der Waals surface area contributed by atoms with E-state index < -0.39 is 0 Å². The van der Waals surface area contributed by atoms with Crippen molar-refractivity contribution in [3.8, 4) is 11.3 Å². The zero-order chi connectivity index (χ0) is 18.4. The van der Waals surface area contributed by atoms with Gasteiger partial charge < -0.3 is 4.90 Å². The van der Waals surface area contributed by atoms with E-state index in [0.717, 1.165) is 22.6 Å². The highest BCUT2D eigenvalue weighted by molar-refractivity contribution is 5.95. The maximum Gasteiger partial charge on any atom is 0.272 e. The van der Waals surface area contributed by atoms with E-state index in [9.17, 15) is 4.79 Å². The van der Waals surface area contributed by atoms with Gasteiger partial charge in [0.1, 0.15) is 17.0 Å². The van der Waals surface area contributed by atoms with Gasteiger partial charge in [-0.2, -0.15) is 0 Å². The van der Waals surface area contributed by atoms with Gasteiger partial charge in [-0.3, -0.25) is 9.20 Å². The quantitative estimate of drug-likeness (QED) is 0.564. The fourth-order valence-corrected chi connectivity index (χ4v) is 3.51. The summed E-state index contributed by atoms with van der Waals surface area (Å²) in [5.41, 5.74) is 4.06. The third kappa shape index (κ3) is 2.59. The number of amides is 1. The average Bonchev–Trinajstić information content (AvgIpc) is 3.25. The molecule has 0 bridgehead atoms. The summed E-state index contributed by atoms with van der Waals surface area (Å²) >= 11 is 0. The maximum atomic E-state index is 12.9. The summed E-state index contributed by atoms with van der Waals surface area (Å²) in [5.74, 6) is 0.00541. The minimum absolute atomic E-state index is 0.00541. The molecule has 1 fully saturated rings. The SMILES string of the molecule is Cc1nc2ccccn2c1C(=O)N1CC(n2cc(-c3ccccc3)nn2)C1. The molecule has 1 aliphatic heterocycles. The molecular formula is C20H18N6O. The first-order chi connectivity index (χ1) is 13.2. The number of aromatic nitrogens is 5. The molecule has 0 spiro atoms. The second kappa shape index (κ2) is 6.05. The molecule has 3 aromatic heterocycles. The Labute approximate surface area is 155 Å². The molecule has 1 aromatic carbocycles. The number of pyridine rings is 1. The van der Waals surface area contributed by atoms with E-state index in [0.29, 0.717) is 18.8 Å². The summed E-state index contributed by atoms with van der Waals surface area (Å²) in [6.45, 7) is 3.12. The van der Waals surface area contributed by atoms with Gasteiger partial charge in [0.05, 0.1) is 17.9 Å². The highest BCUT2D eigenvalue weighted by Crippen LogP contribution is 2.25. The van der Waals surface area contributed by atoms with Gasteiger partial charge in [-0.05, 0) is 19.1 Å². The largest absolute Gasteiger partial charge is 0.333 e. The molecule has 1 aliphatic rings. The molecule has 1 saturated heterocycles. The topological polar surface area (TPSA) is 68.3 Å². The normalized spacial score (nSPS) is 14.5. The maximum absolute atomic E-state index is 12.9. The van der Waals surface area contributed by atoms with Gasteiger partial charge in [-0.25, -0.2) is 9.67 Å². The fourth-order valence-electron chi connectivity index (χ4n) is 3.51. The molecule has 0 N–H and O–H groups in total. The van der Waals surface area contributed by atoms with E-state index in [1.807, 2.05) is 81.8 Å². The summed E-state index contributed by atoms with van der Waals surface area (Å²) in [7, 11) is 0. The van der Waals surface area contributed by atoms with Gasteiger partial charge in [-0.15, -0.1) is 5.10 Å². The first kappa shape index (κ1) is 15.7. The lowest BCUT2D eigenvalue weighted by atomic mass is 10.1. The predicted octanol–water partition coefficient (Wildman–Crippen LogP) is 2.60. The van der Waals surface area contributed by atoms with E-state index in [-0.39, 0.29) is 11.9 Å². The van der Waals surface area contributed by atoms with Gasteiger partial charge >= 0.3 is 0 Å². The second-order valence-electron chi connectivity index (χ2n) is 6.79. The number of hydrogen-bond acceptors (Lipinski definition) is 4. The van der Waals surface area contributed by atoms with Crippen LogP contribution >= 0.6 is 0 Å². The molecule has 0 saturated carbocycles. The Bertz CT molecular complexity index is 1120. The van der Waals surface area contributed by atoms with Crippen LogP contribution in [0.15, 0.2) is 60.9 Å². The summed E-state index contributed by atoms with van der Waals surface area (Å²) < 4.78 is 3.71. The number of carbonyl (C=O) groups excluding carboxylic acids is 1. The number of hydrogen-bond donors (Lipinski definition) is 0. The van der Waals surface area contributed by atoms with Gasteiger partial charge in [-0.1, -0.05) is 41.6 Å². The Kier molecular flexibility index (Phi) is 3.53. The van der Waals surface area contributed by atoms with Crippen LogP contribution in [0.5, 0.6) is 0 Å². The van der Waals surface area contributed by atoms with Crippen molar-refractivity contribution >= 4 is 11.6 Å². The molecule has 4 aromatic rings. The summed E-state index contributed by atoms with van der Waals surface area (Å²) in [4.78, 5) is 19.3. The lowest BCUT2D eigenvalue weighted by Crippen LogP contribution is -2.51. The lowest BCUT2D eigenvalue weighted by Gasteiger charge is -2.38. The molecule has 27 heavy (non-hydrogen) atoms. The number of benzene rings is 1. The zero-order valence-electron chi connectivity index (χ0n) is 14.9. The number of carbonyl (C=O) groups is 1. The highest BCUT2D eigenvalue weighted by Gasteiger charge is 2.35. The van der Waals surface area contributed by atoms with E-state index >= 15 is 0 Å². The molecule has 0 unspecified atom stereocenters. The van der Waals surface area contributed by atoms with Crippen molar-refractivity contribution in [2.24, 2.45) is 0 Å². The van der Waals surface area contributed by atoms with Crippen LogP contribution in [-0.4, -0.2) is 48.3 Å². The highest BCUT2D eigenvalue weighted by atomic mass is 16.2. The number of likely N-dealkylation sites (tertiary alicyclic amines) is 1. The van der Waals surface area contributed by atoms with Crippen molar-refractivity contribution in [3.63, 3.8) is 0 Å².